The lowest BCUT2D eigenvalue weighted by molar-refractivity contribution is -0.709. The van der Waals surface area contributed by atoms with Gasteiger partial charge in [-0.1, -0.05) is 38.1 Å². The van der Waals surface area contributed by atoms with E-state index in [0.29, 0.717) is 17.2 Å². The van der Waals surface area contributed by atoms with Crippen LogP contribution < -0.4 is 10.6 Å². The Balaban J connectivity index is 1.91. The summed E-state index contributed by atoms with van der Waals surface area (Å²) in [5, 5.41) is 4.98. The molecule has 0 saturated carbocycles. The predicted molar refractivity (Wildman–Crippen MR) is 110 cm³/mol. The van der Waals surface area contributed by atoms with Crippen LogP contribution in [-0.4, -0.2) is 17.7 Å². The summed E-state index contributed by atoms with van der Waals surface area (Å²) in [6, 6.07) is 15.6. The van der Waals surface area contributed by atoms with Crippen molar-refractivity contribution in [1.82, 2.24) is 0 Å². The van der Waals surface area contributed by atoms with Crippen molar-refractivity contribution in [2.24, 2.45) is 5.92 Å². The number of amides is 1. The lowest BCUT2D eigenvalue weighted by atomic mass is 9.99. The molecule has 2 aromatic rings. The molecule has 2 rings (SSSR count). The van der Waals surface area contributed by atoms with E-state index in [1.165, 1.54) is 18.1 Å². The quantitative estimate of drug-likeness (QED) is 0.698. The Morgan fingerprint density at radius 2 is 1.52 bits per heavy atom. The highest BCUT2D eigenvalue weighted by Crippen LogP contribution is 2.14. The summed E-state index contributed by atoms with van der Waals surface area (Å²) in [6.07, 6.45) is 1.08. The number of hydrogen-bond donors (Lipinski definition) is 2. The van der Waals surface area contributed by atoms with E-state index in [4.69, 9.17) is 0 Å². The second-order valence-corrected chi connectivity index (χ2v) is 7.73. The zero-order chi connectivity index (χ0) is 20.0. The van der Waals surface area contributed by atoms with E-state index < -0.39 is 0 Å². The molecule has 0 unspecified atom stereocenters. The van der Waals surface area contributed by atoms with Crippen molar-refractivity contribution in [3.8, 4) is 0 Å². The molecular formula is C23H31N2O2+. The van der Waals surface area contributed by atoms with Gasteiger partial charge in [0.2, 0.25) is 0 Å². The van der Waals surface area contributed by atoms with E-state index in [2.05, 4.69) is 55.7 Å². The number of anilines is 1. The van der Waals surface area contributed by atoms with Crippen LogP contribution in [0.2, 0.25) is 0 Å². The lowest BCUT2D eigenvalue weighted by Crippen LogP contribution is -2.91. The van der Waals surface area contributed by atoms with E-state index >= 15 is 0 Å². The Kier molecular flexibility index (Phi) is 7.31. The van der Waals surface area contributed by atoms with Gasteiger partial charge in [0.05, 0.1) is 0 Å². The molecule has 0 fully saturated rings. The largest absolute Gasteiger partial charge is 0.330 e. The minimum absolute atomic E-state index is 0.0165. The third-order valence-corrected chi connectivity index (χ3v) is 4.70. The van der Waals surface area contributed by atoms with Gasteiger partial charge in [-0.25, -0.2) is 0 Å². The molecule has 0 aliphatic heterocycles. The number of nitrogens with two attached hydrogens (primary N) is 1. The van der Waals surface area contributed by atoms with Gasteiger partial charge < -0.3 is 10.6 Å². The van der Waals surface area contributed by atoms with Crippen LogP contribution in [0.4, 0.5) is 5.69 Å². The average Bonchev–Trinajstić information content (AvgIpc) is 2.62. The summed E-state index contributed by atoms with van der Waals surface area (Å²) < 4.78 is 0. The molecule has 2 aromatic carbocycles. The summed E-state index contributed by atoms with van der Waals surface area (Å²) in [4.78, 5) is 23.8. The summed E-state index contributed by atoms with van der Waals surface area (Å²) >= 11 is 0. The molecular weight excluding hydrogens is 336 g/mol. The molecule has 0 aliphatic rings. The first kappa shape index (κ1) is 20.8. The molecule has 0 spiro atoms. The molecule has 27 heavy (non-hydrogen) atoms. The Bertz CT molecular complexity index is 764. The number of Topliss-reactive ketones (excluding diaryl/α,β-unsaturated/α-hetero) is 1. The number of nitrogens with one attached hydrogen (secondary N) is 1. The summed E-state index contributed by atoms with van der Waals surface area (Å²) in [6.45, 7) is 9.99. The van der Waals surface area contributed by atoms with Crippen LogP contribution >= 0.6 is 0 Å². The van der Waals surface area contributed by atoms with Crippen LogP contribution in [0.25, 0.3) is 0 Å². The van der Waals surface area contributed by atoms with Crippen LogP contribution in [0, 0.1) is 5.92 Å². The van der Waals surface area contributed by atoms with Crippen molar-refractivity contribution in [2.75, 3.05) is 5.32 Å². The van der Waals surface area contributed by atoms with Crippen molar-refractivity contribution in [3.05, 3.63) is 65.2 Å². The van der Waals surface area contributed by atoms with E-state index in [1.54, 1.807) is 24.3 Å². The number of hydrogen-bond acceptors (Lipinski definition) is 2. The van der Waals surface area contributed by atoms with E-state index in [0.717, 1.165) is 6.42 Å². The summed E-state index contributed by atoms with van der Waals surface area (Å²) in [7, 11) is 0. The van der Waals surface area contributed by atoms with Crippen molar-refractivity contribution in [2.45, 2.75) is 53.1 Å². The predicted octanol–water partition coefficient (Wildman–Crippen LogP) is 3.74. The van der Waals surface area contributed by atoms with Gasteiger partial charge >= 0.3 is 0 Å². The maximum Gasteiger partial charge on any atom is 0.282 e. The first-order valence-electron chi connectivity index (χ1n) is 9.62. The average molecular weight is 368 g/mol. The molecule has 2 atom stereocenters. The van der Waals surface area contributed by atoms with Gasteiger partial charge in [-0.2, -0.15) is 0 Å². The van der Waals surface area contributed by atoms with Crippen LogP contribution in [0.1, 0.15) is 62.1 Å². The van der Waals surface area contributed by atoms with Crippen LogP contribution in [0.5, 0.6) is 0 Å². The molecule has 0 radical (unpaired) electrons. The topological polar surface area (TPSA) is 62.8 Å². The number of quaternary nitrogens is 1. The molecule has 1 amide bonds. The summed E-state index contributed by atoms with van der Waals surface area (Å²) in [5.74, 6) is 0.615. The summed E-state index contributed by atoms with van der Waals surface area (Å²) in [5.41, 5.74) is 3.91. The second kappa shape index (κ2) is 9.47. The fourth-order valence-corrected chi connectivity index (χ4v) is 3.10. The Morgan fingerprint density at radius 1 is 0.926 bits per heavy atom. The Morgan fingerprint density at radius 3 is 2.04 bits per heavy atom. The van der Waals surface area contributed by atoms with Crippen molar-refractivity contribution in [1.29, 1.82) is 0 Å². The standard InChI is InChI=1S/C23H30N2O2/c1-15(2)14-19-6-8-20(9-7-19)16(3)24-17(4)23(27)25-22-12-10-21(11-13-22)18(5)26/h6-13,15-17,24H,14H2,1-5H3,(H,25,27)/p+1/t16-,17+/m1/s1. The number of carbonyl (C=O) groups is 2. The highest BCUT2D eigenvalue weighted by Gasteiger charge is 2.20. The molecule has 3 N–H and O–H groups in total. The number of benzene rings is 2. The van der Waals surface area contributed by atoms with E-state index in [9.17, 15) is 9.59 Å². The zero-order valence-corrected chi connectivity index (χ0v) is 17.0. The fourth-order valence-electron chi connectivity index (χ4n) is 3.10. The molecule has 0 aliphatic carbocycles. The van der Waals surface area contributed by atoms with Crippen molar-refractivity contribution < 1.29 is 14.9 Å². The highest BCUT2D eigenvalue weighted by atomic mass is 16.2. The fraction of sp³-hybridized carbons (Fsp3) is 0.391. The van der Waals surface area contributed by atoms with Crippen LogP contribution in [0.15, 0.2) is 48.5 Å². The molecule has 144 valence electrons. The van der Waals surface area contributed by atoms with Crippen LogP contribution in [0.3, 0.4) is 0 Å². The number of rotatable bonds is 8. The van der Waals surface area contributed by atoms with Crippen LogP contribution in [-0.2, 0) is 11.2 Å². The Labute approximate surface area is 162 Å². The minimum atomic E-state index is -0.220. The normalized spacial score (nSPS) is 13.3. The number of ketones is 1. The van der Waals surface area contributed by atoms with E-state index in [1.807, 2.05) is 6.92 Å². The zero-order valence-electron chi connectivity index (χ0n) is 17.0. The first-order valence-corrected chi connectivity index (χ1v) is 9.62. The lowest BCUT2D eigenvalue weighted by Gasteiger charge is -2.17. The van der Waals surface area contributed by atoms with Crippen molar-refractivity contribution >= 4 is 17.4 Å². The third kappa shape index (κ3) is 6.33. The highest BCUT2D eigenvalue weighted by molar-refractivity contribution is 5.96. The molecule has 0 saturated heterocycles. The monoisotopic (exact) mass is 367 g/mol. The first-order chi connectivity index (χ1) is 12.8. The van der Waals surface area contributed by atoms with Gasteiger partial charge in [-0.3, -0.25) is 9.59 Å². The van der Waals surface area contributed by atoms with Gasteiger partial charge in [-0.15, -0.1) is 0 Å². The maximum absolute atomic E-state index is 12.5. The molecule has 0 aromatic heterocycles. The smallest absolute Gasteiger partial charge is 0.282 e. The van der Waals surface area contributed by atoms with Gasteiger partial charge in [0, 0.05) is 16.8 Å². The molecule has 4 heteroatoms. The van der Waals surface area contributed by atoms with Crippen molar-refractivity contribution in [3.63, 3.8) is 0 Å². The maximum atomic E-state index is 12.5. The molecule has 0 heterocycles. The molecule has 0 bridgehead atoms. The van der Waals surface area contributed by atoms with Gasteiger partial charge in [0.15, 0.2) is 11.8 Å². The van der Waals surface area contributed by atoms with Gasteiger partial charge in [0.25, 0.3) is 5.91 Å². The second-order valence-electron chi connectivity index (χ2n) is 7.73. The van der Waals surface area contributed by atoms with Gasteiger partial charge in [0.1, 0.15) is 6.04 Å². The van der Waals surface area contributed by atoms with Gasteiger partial charge in [-0.05, 0) is 62.9 Å². The molecule has 4 nitrogen and oxygen atoms in total. The van der Waals surface area contributed by atoms with E-state index in [-0.39, 0.29) is 23.8 Å². The SMILES string of the molecule is CC(=O)c1ccc(NC(=O)[C@H](C)[NH2+][C@H](C)c2ccc(CC(C)C)cc2)cc1. The third-order valence-electron chi connectivity index (χ3n) is 4.70. The number of carbonyl (C=O) groups excluding carboxylic acids is 2. The Hall–Kier alpha value is -2.46. The minimum Gasteiger partial charge on any atom is -0.330 e.